The molecule has 0 aliphatic rings. The first-order chi connectivity index (χ1) is 19.8. The summed E-state index contributed by atoms with van der Waals surface area (Å²) in [6.07, 6.45) is -1.03. The van der Waals surface area contributed by atoms with E-state index in [0.29, 0.717) is 22.8 Å². The molecule has 2 atom stereocenters. The Hall–Kier alpha value is -4.21. The van der Waals surface area contributed by atoms with Crippen molar-refractivity contribution >= 4 is 25.8 Å². The predicted molar refractivity (Wildman–Crippen MR) is 153 cm³/mol. The molecule has 42 heavy (non-hydrogen) atoms. The van der Waals surface area contributed by atoms with Crippen LogP contribution >= 0.6 is 0 Å². The molecular formula is C27H29FN4O8S2. The molecule has 2 N–H and O–H groups in total. The third-order valence-electron chi connectivity index (χ3n) is 6.48. The van der Waals surface area contributed by atoms with E-state index in [2.05, 4.69) is 14.9 Å². The summed E-state index contributed by atoms with van der Waals surface area (Å²) in [5.41, 5.74) is 0.508. The van der Waals surface area contributed by atoms with E-state index < -0.39 is 41.9 Å². The maximum absolute atomic E-state index is 13.9. The lowest BCUT2D eigenvalue weighted by Gasteiger charge is -2.23. The van der Waals surface area contributed by atoms with E-state index in [0.717, 1.165) is 24.5 Å². The van der Waals surface area contributed by atoms with E-state index in [4.69, 9.17) is 14.2 Å². The average molecular weight is 621 g/mol. The van der Waals surface area contributed by atoms with Gasteiger partial charge in [-0.1, -0.05) is 24.3 Å². The summed E-state index contributed by atoms with van der Waals surface area (Å²) in [6, 6.07) is 14.5. The number of halogens is 1. The summed E-state index contributed by atoms with van der Waals surface area (Å²) in [4.78, 5) is -0.528. The maximum Gasteiger partial charge on any atom is 0.243 e. The number of methoxy groups -OCH3 is 3. The van der Waals surface area contributed by atoms with Crippen LogP contribution in [-0.2, 0) is 19.9 Å². The molecule has 0 amide bonds. The van der Waals surface area contributed by atoms with Crippen LogP contribution in [0.25, 0.3) is 17.1 Å². The van der Waals surface area contributed by atoms with Gasteiger partial charge in [-0.3, -0.25) is 9.29 Å². The number of hydrogen-bond donors (Lipinski definition) is 2. The summed E-state index contributed by atoms with van der Waals surface area (Å²) in [6.45, 7) is 1.18. The first kappa shape index (κ1) is 30.7. The van der Waals surface area contributed by atoms with Gasteiger partial charge in [0.1, 0.15) is 34.0 Å². The van der Waals surface area contributed by atoms with Gasteiger partial charge < -0.3 is 19.3 Å². The van der Waals surface area contributed by atoms with Gasteiger partial charge in [0.05, 0.1) is 32.3 Å². The normalized spacial score (nSPS) is 13.3. The zero-order chi connectivity index (χ0) is 30.8. The molecule has 0 aliphatic heterocycles. The second-order valence-corrected chi connectivity index (χ2v) is 13.2. The van der Waals surface area contributed by atoms with Crippen LogP contribution in [0, 0.1) is 5.82 Å². The Morgan fingerprint density at radius 3 is 2.14 bits per heavy atom. The van der Waals surface area contributed by atoms with Crippen molar-refractivity contribution in [3.8, 4) is 34.3 Å². The van der Waals surface area contributed by atoms with Crippen molar-refractivity contribution in [1.82, 2.24) is 14.8 Å². The van der Waals surface area contributed by atoms with Crippen LogP contribution < -0.4 is 18.9 Å². The molecule has 0 bridgehead atoms. The number of ether oxygens (including phenoxy) is 3. The van der Waals surface area contributed by atoms with E-state index in [1.807, 2.05) is 0 Å². The summed E-state index contributed by atoms with van der Waals surface area (Å²) < 4.78 is 85.8. The van der Waals surface area contributed by atoms with Gasteiger partial charge in [0, 0.05) is 17.4 Å². The summed E-state index contributed by atoms with van der Waals surface area (Å²) in [7, 11) is -4.16. The zero-order valence-electron chi connectivity index (χ0n) is 23.3. The molecule has 0 aliphatic carbocycles. The minimum Gasteiger partial charge on any atom is -0.497 e. The molecule has 3 aromatic carbocycles. The fraction of sp³-hybridized carbons (Fsp3) is 0.259. The monoisotopic (exact) mass is 620 g/mol. The molecule has 1 aromatic heterocycles. The van der Waals surface area contributed by atoms with Crippen LogP contribution in [0.5, 0.6) is 17.2 Å². The molecular weight excluding hydrogens is 591 g/mol. The highest BCUT2D eigenvalue weighted by Gasteiger charge is 2.34. The maximum atomic E-state index is 13.9. The topological polar surface area (TPSA) is 159 Å². The number of aromatic nitrogens is 3. The molecule has 0 fully saturated rings. The van der Waals surface area contributed by atoms with Crippen LogP contribution in [0.1, 0.15) is 18.6 Å². The van der Waals surface area contributed by atoms with Crippen LogP contribution in [0.3, 0.4) is 0 Å². The summed E-state index contributed by atoms with van der Waals surface area (Å²) in [5.74, 6) is 0.169. The van der Waals surface area contributed by atoms with Crippen LogP contribution in [0.15, 0.2) is 65.6 Å². The molecule has 0 unspecified atom stereocenters. The Morgan fingerprint density at radius 2 is 1.55 bits per heavy atom. The quantitative estimate of drug-likeness (QED) is 0.255. The SMILES string of the molecule is COc1cccc(-c2nnc(NS(=O)(=O)[C@@H](C)[C@@H](O)c3ccc(F)cc3S(C)(=O)=O)n2-c2c(OC)cccc2OC)c1. The van der Waals surface area contributed by atoms with Crippen LogP contribution in [0.4, 0.5) is 10.3 Å². The molecule has 1 heterocycles. The third-order valence-corrected chi connectivity index (χ3v) is 9.33. The minimum absolute atomic E-state index is 0.195. The third kappa shape index (κ3) is 6.03. The largest absolute Gasteiger partial charge is 0.497 e. The van der Waals surface area contributed by atoms with Crippen molar-refractivity contribution in [2.75, 3.05) is 32.3 Å². The number of nitrogens with one attached hydrogen (secondary N) is 1. The number of anilines is 1. The summed E-state index contributed by atoms with van der Waals surface area (Å²) >= 11 is 0. The van der Waals surface area contributed by atoms with E-state index in [-0.39, 0.29) is 23.0 Å². The van der Waals surface area contributed by atoms with E-state index in [1.54, 1.807) is 42.5 Å². The Labute approximate surface area is 242 Å². The van der Waals surface area contributed by atoms with Crippen molar-refractivity contribution in [1.29, 1.82) is 0 Å². The fourth-order valence-corrected chi connectivity index (χ4v) is 6.28. The lowest BCUT2D eigenvalue weighted by molar-refractivity contribution is 0.173. The molecule has 12 nitrogen and oxygen atoms in total. The van der Waals surface area contributed by atoms with Crippen LogP contribution in [-0.4, -0.2) is 69.5 Å². The van der Waals surface area contributed by atoms with Crippen molar-refractivity contribution in [2.45, 2.75) is 23.2 Å². The van der Waals surface area contributed by atoms with Gasteiger partial charge in [0.2, 0.25) is 16.0 Å². The molecule has 4 rings (SSSR count). The second kappa shape index (κ2) is 12.0. The minimum atomic E-state index is -4.50. The molecule has 0 saturated carbocycles. The number of aliphatic hydroxyl groups is 1. The molecule has 4 aromatic rings. The number of aliphatic hydroxyl groups excluding tert-OH is 1. The Bertz CT molecular complexity index is 1810. The number of rotatable bonds is 11. The average Bonchev–Trinajstić information content (AvgIpc) is 3.37. The first-order valence-electron chi connectivity index (χ1n) is 12.3. The van der Waals surface area contributed by atoms with Gasteiger partial charge in [-0.05, 0) is 43.3 Å². The van der Waals surface area contributed by atoms with Gasteiger partial charge in [-0.15, -0.1) is 10.2 Å². The van der Waals surface area contributed by atoms with E-state index >= 15 is 0 Å². The number of hydrogen-bond acceptors (Lipinski definition) is 10. The number of nitrogens with zero attached hydrogens (tertiary/aromatic N) is 3. The number of sulfone groups is 1. The van der Waals surface area contributed by atoms with Crippen molar-refractivity contribution in [3.05, 3.63) is 72.0 Å². The highest BCUT2D eigenvalue weighted by Crippen LogP contribution is 2.39. The van der Waals surface area contributed by atoms with Crippen molar-refractivity contribution in [3.63, 3.8) is 0 Å². The Balaban J connectivity index is 1.86. The highest BCUT2D eigenvalue weighted by atomic mass is 32.2. The first-order valence-corrected chi connectivity index (χ1v) is 15.8. The van der Waals surface area contributed by atoms with Crippen LogP contribution in [0.2, 0.25) is 0 Å². The van der Waals surface area contributed by atoms with Gasteiger partial charge in [0.15, 0.2) is 15.7 Å². The molecule has 0 spiro atoms. The second-order valence-electron chi connectivity index (χ2n) is 9.18. The number of sulfonamides is 1. The van der Waals surface area contributed by atoms with Gasteiger partial charge in [0.25, 0.3) is 0 Å². The molecule has 0 saturated heterocycles. The van der Waals surface area contributed by atoms with Crippen molar-refractivity contribution < 1.29 is 40.5 Å². The summed E-state index contributed by atoms with van der Waals surface area (Å²) in [5, 5.41) is 17.7. The zero-order valence-corrected chi connectivity index (χ0v) is 24.9. The van der Waals surface area contributed by atoms with Gasteiger partial charge >= 0.3 is 0 Å². The Morgan fingerprint density at radius 1 is 0.905 bits per heavy atom. The van der Waals surface area contributed by atoms with E-state index in [1.165, 1.54) is 32.8 Å². The number of para-hydroxylation sites is 1. The van der Waals surface area contributed by atoms with Crippen molar-refractivity contribution in [2.24, 2.45) is 0 Å². The molecule has 224 valence electrons. The number of benzene rings is 3. The highest BCUT2D eigenvalue weighted by molar-refractivity contribution is 7.93. The van der Waals surface area contributed by atoms with Gasteiger partial charge in [-0.25, -0.2) is 21.2 Å². The lowest BCUT2D eigenvalue weighted by Crippen LogP contribution is -2.32. The standard InChI is InChI=1S/C27H29FN4O8S2/c1-16(25(33)20-13-12-18(28)15-23(20)41(5,34)35)42(36,37)31-27-30-29-26(17-8-6-9-19(14-17)38-2)32(27)24-21(39-3)10-7-11-22(24)40-4/h6-16,25,33H,1-5H3,(H,30,31)/t16-,25+/m0/s1. The molecule has 15 heteroatoms. The van der Waals surface area contributed by atoms with E-state index in [9.17, 15) is 26.3 Å². The lowest BCUT2D eigenvalue weighted by atomic mass is 10.1. The smallest absolute Gasteiger partial charge is 0.243 e. The predicted octanol–water partition coefficient (Wildman–Crippen LogP) is 3.37. The fourth-order valence-electron chi connectivity index (χ4n) is 4.28. The molecule has 0 radical (unpaired) electrons. The van der Waals surface area contributed by atoms with Gasteiger partial charge in [-0.2, -0.15) is 0 Å². The Kier molecular flexibility index (Phi) is 8.75.